The van der Waals surface area contributed by atoms with E-state index in [1.807, 2.05) is 0 Å². The molecule has 1 atom stereocenters. The van der Waals surface area contributed by atoms with Crippen LogP contribution < -0.4 is 5.32 Å². The Morgan fingerprint density at radius 3 is 3.11 bits per heavy atom. The van der Waals surface area contributed by atoms with Crippen LogP contribution >= 0.6 is 0 Å². The first-order valence-corrected chi connectivity index (χ1v) is 6.18. The van der Waals surface area contributed by atoms with E-state index >= 15 is 0 Å². The third-order valence-corrected chi connectivity index (χ3v) is 3.41. The molecule has 2 rings (SSSR count). The zero-order chi connectivity index (χ0) is 13.0. The third kappa shape index (κ3) is 2.97. The molecule has 18 heavy (non-hydrogen) atoms. The number of hydrogen-bond acceptors (Lipinski definition) is 5. The maximum absolute atomic E-state index is 9.00. The largest absolute Gasteiger partial charge is 0.367 e. The normalized spacial score (nSPS) is 21.5. The number of likely N-dealkylation sites (N-methyl/N-ethyl adjacent to an activating group) is 2. The van der Waals surface area contributed by atoms with Gasteiger partial charge >= 0.3 is 0 Å². The Labute approximate surface area is 108 Å². The molecule has 1 saturated heterocycles. The van der Waals surface area contributed by atoms with Crippen LogP contribution in [-0.2, 0) is 0 Å². The van der Waals surface area contributed by atoms with Crippen molar-refractivity contribution in [2.24, 2.45) is 0 Å². The first-order chi connectivity index (χ1) is 8.70. The average molecular weight is 245 g/mol. The molecule has 0 amide bonds. The number of piperazine rings is 1. The lowest BCUT2D eigenvalue weighted by Crippen LogP contribution is -2.52. The van der Waals surface area contributed by atoms with Gasteiger partial charge in [-0.05, 0) is 26.2 Å². The van der Waals surface area contributed by atoms with Crippen LogP contribution in [-0.4, -0.2) is 61.1 Å². The second-order valence-corrected chi connectivity index (χ2v) is 4.79. The van der Waals surface area contributed by atoms with Gasteiger partial charge in [-0.2, -0.15) is 5.26 Å². The van der Waals surface area contributed by atoms with Crippen LogP contribution in [0.5, 0.6) is 0 Å². The van der Waals surface area contributed by atoms with E-state index in [4.69, 9.17) is 5.26 Å². The smallest absolute Gasteiger partial charge is 0.143 e. The molecule has 1 unspecified atom stereocenters. The Hall–Kier alpha value is -1.64. The zero-order valence-electron chi connectivity index (χ0n) is 10.9. The fraction of sp³-hybridized carbons (Fsp3) is 0.538. The predicted octanol–water partition coefficient (Wildman–Crippen LogP) is 0.611. The molecule has 96 valence electrons. The van der Waals surface area contributed by atoms with E-state index in [2.05, 4.69) is 40.3 Å². The highest BCUT2D eigenvalue weighted by molar-refractivity contribution is 5.51. The molecular weight excluding hydrogens is 226 g/mol. The molecule has 1 aliphatic rings. The summed E-state index contributed by atoms with van der Waals surface area (Å²) in [4.78, 5) is 8.89. The molecule has 5 heteroatoms. The van der Waals surface area contributed by atoms with E-state index in [0.717, 1.165) is 26.2 Å². The Bertz CT molecular complexity index is 439. The lowest BCUT2D eigenvalue weighted by Gasteiger charge is -2.37. The summed E-state index contributed by atoms with van der Waals surface area (Å²) in [6.07, 6.45) is 1.71. The van der Waals surface area contributed by atoms with Crippen molar-refractivity contribution in [2.45, 2.75) is 6.04 Å². The Balaban J connectivity index is 1.96. The molecule has 0 spiro atoms. The quantitative estimate of drug-likeness (QED) is 0.845. The minimum absolute atomic E-state index is 0.456. The molecule has 5 nitrogen and oxygen atoms in total. The third-order valence-electron chi connectivity index (χ3n) is 3.41. The molecule has 0 aliphatic carbocycles. The van der Waals surface area contributed by atoms with E-state index in [9.17, 15) is 0 Å². The molecular formula is C13H19N5. The van der Waals surface area contributed by atoms with Gasteiger partial charge in [0.15, 0.2) is 0 Å². The van der Waals surface area contributed by atoms with Crippen molar-refractivity contribution in [1.29, 1.82) is 5.26 Å². The number of pyridine rings is 1. The van der Waals surface area contributed by atoms with Crippen LogP contribution in [0.2, 0.25) is 0 Å². The monoisotopic (exact) mass is 245 g/mol. The van der Waals surface area contributed by atoms with Crippen molar-refractivity contribution in [3.05, 3.63) is 23.9 Å². The summed E-state index contributed by atoms with van der Waals surface area (Å²) in [6, 6.07) is 6.18. The standard InChI is InChI=1S/C13H19N5/c1-17-6-7-18(2)12(10-17)9-16-13-11(8-14)4-3-5-15-13/h3-5,12H,6-7,9-10H2,1-2H3,(H,15,16). The second kappa shape index (κ2) is 5.80. The molecule has 1 fully saturated rings. The van der Waals surface area contributed by atoms with Gasteiger partial charge < -0.3 is 10.2 Å². The van der Waals surface area contributed by atoms with Crippen molar-refractivity contribution in [2.75, 3.05) is 45.6 Å². The van der Waals surface area contributed by atoms with Crippen molar-refractivity contribution >= 4 is 5.82 Å². The summed E-state index contributed by atoms with van der Waals surface area (Å²) in [5.41, 5.74) is 0.601. The maximum atomic E-state index is 9.00. The van der Waals surface area contributed by atoms with Gasteiger partial charge in [0.25, 0.3) is 0 Å². The van der Waals surface area contributed by atoms with Gasteiger partial charge in [-0.3, -0.25) is 4.90 Å². The molecule has 0 radical (unpaired) electrons. The minimum atomic E-state index is 0.456. The number of nitriles is 1. The van der Waals surface area contributed by atoms with Gasteiger partial charge in [0.1, 0.15) is 11.9 Å². The van der Waals surface area contributed by atoms with Gasteiger partial charge in [-0.1, -0.05) is 0 Å². The summed E-state index contributed by atoms with van der Waals surface area (Å²) in [5.74, 6) is 0.682. The molecule has 1 aromatic heterocycles. The van der Waals surface area contributed by atoms with Crippen LogP contribution in [0.15, 0.2) is 18.3 Å². The van der Waals surface area contributed by atoms with Gasteiger partial charge in [0, 0.05) is 38.4 Å². The highest BCUT2D eigenvalue weighted by atomic mass is 15.3. The molecule has 1 aliphatic heterocycles. The number of nitrogens with zero attached hydrogens (tertiary/aromatic N) is 4. The molecule has 1 N–H and O–H groups in total. The second-order valence-electron chi connectivity index (χ2n) is 4.79. The topological polar surface area (TPSA) is 55.2 Å². The Morgan fingerprint density at radius 1 is 1.50 bits per heavy atom. The van der Waals surface area contributed by atoms with Crippen molar-refractivity contribution in [1.82, 2.24) is 14.8 Å². The molecule has 2 heterocycles. The van der Waals surface area contributed by atoms with E-state index in [0.29, 0.717) is 17.4 Å². The number of nitrogens with one attached hydrogen (secondary N) is 1. The summed E-state index contributed by atoms with van der Waals surface area (Å²) in [7, 11) is 4.28. The van der Waals surface area contributed by atoms with Gasteiger partial charge in [0.2, 0.25) is 0 Å². The van der Waals surface area contributed by atoms with Gasteiger partial charge in [-0.25, -0.2) is 4.98 Å². The highest BCUT2D eigenvalue weighted by Gasteiger charge is 2.21. The predicted molar refractivity (Wildman–Crippen MR) is 71.4 cm³/mol. The van der Waals surface area contributed by atoms with Crippen molar-refractivity contribution in [3.63, 3.8) is 0 Å². The Morgan fingerprint density at radius 2 is 2.33 bits per heavy atom. The zero-order valence-corrected chi connectivity index (χ0v) is 10.9. The first kappa shape index (κ1) is 12.8. The molecule has 1 aromatic rings. The number of aromatic nitrogens is 1. The van der Waals surface area contributed by atoms with Crippen molar-refractivity contribution < 1.29 is 0 Å². The van der Waals surface area contributed by atoms with Crippen LogP contribution in [0.3, 0.4) is 0 Å². The fourth-order valence-corrected chi connectivity index (χ4v) is 2.17. The number of hydrogen-bond donors (Lipinski definition) is 1. The minimum Gasteiger partial charge on any atom is -0.367 e. The highest BCUT2D eigenvalue weighted by Crippen LogP contribution is 2.11. The van der Waals surface area contributed by atoms with Gasteiger partial charge in [-0.15, -0.1) is 0 Å². The van der Waals surface area contributed by atoms with Gasteiger partial charge in [0.05, 0.1) is 5.56 Å². The molecule has 0 bridgehead atoms. The van der Waals surface area contributed by atoms with Crippen LogP contribution in [0.1, 0.15) is 5.56 Å². The summed E-state index contributed by atoms with van der Waals surface area (Å²) >= 11 is 0. The van der Waals surface area contributed by atoms with Crippen LogP contribution in [0, 0.1) is 11.3 Å². The average Bonchev–Trinajstić information content (AvgIpc) is 2.40. The summed E-state index contributed by atoms with van der Waals surface area (Å²) < 4.78 is 0. The van der Waals surface area contributed by atoms with E-state index in [1.54, 1.807) is 18.3 Å². The van der Waals surface area contributed by atoms with Crippen LogP contribution in [0.4, 0.5) is 5.82 Å². The Kier molecular flexibility index (Phi) is 4.13. The first-order valence-electron chi connectivity index (χ1n) is 6.18. The molecule has 0 aromatic carbocycles. The van der Waals surface area contributed by atoms with E-state index in [-0.39, 0.29) is 0 Å². The van der Waals surface area contributed by atoms with E-state index in [1.165, 1.54) is 0 Å². The van der Waals surface area contributed by atoms with Crippen LogP contribution in [0.25, 0.3) is 0 Å². The number of anilines is 1. The summed E-state index contributed by atoms with van der Waals surface area (Å²) in [6.45, 7) is 4.04. The lowest BCUT2D eigenvalue weighted by molar-refractivity contribution is 0.122. The fourth-order valence-electron chi connectivity index (χ4n) is 2.17. The molecule has 0 saturated carbocycles. The summed E-state index contributed by atoms with van der Waals surface area (Å²) in [5, 5.41) is 12.3. The van der Waals surface area contributed by atoms with E-state index < -0.39 is 0 Å². The number of rotatable bonds is 3. The SMILES string of the molecule is CN1CCN(C)C(CNc2ncccc2C#N)C1. The maximum Gasteiger partial charge on any atom is 0.143 e. The lowest BCUT2D eigenvalue weighted by atomic mass is 10.2. The van der Waals surface area contributed by atoms with Crippen molar-refractivity contribution in [3.8, 4) is 6.07 Å².